The lowest BCUT2D eigenvalue weighted by molar-refractivity contribution is 0.673. The van der Waals surface area contributed by atoms with Gasteiger partial charge in [-0.25, -0.2) is 0 Å². The summed E-state index contributed by atoms with van der Waals surface area (Å²) in [6.07, 6.45) is 0. The summed E-state index contributed by atoms with van der Waals surface area (Å²) in [7, 11) is 0. The highest BCUT2D eigenvalue weighted by Crippen LogP contribution is 2.44. The Kier molecular flexibility index (Phi) is 5.78. The Balaban J connectivity index is 1.16. The van der Waals surface area contributed by atoms with Crippen molar-refractivity contribution < 1.29 is 4.42 Å². The van der Waals surface area contributed by atoms with Crippen molar-refractivity contribution >= 4 is 92.1 Å². The number of furan rings is 1. The van der Waals surface area contributed by atoms with Crippen LogP contribution in [0.25, 0.3) is 74.8 Å². The number of thiophene rings is 1. The average Bonchev–Trinajstić information content (AvgIpc) is 3.71. The Hall–Kier alpha value is -5.90. The molecule has 220 valence electrons. The number of fused-ring (bicyclic) bond motifs is 9. The van der Waals surface area contributed by atoms with Crippen molar-refractivity contribution in [2.75, 3.05) is 4.90 Å². The van der Waals surface area contributed by atoms with Crippen LogP contribution >= 0.6 is 11.3 Å². The van der Waals surface area contributed by atoms with Crippen LogP contribution in [-0.4, -0.2) is 0 Å². The SMILES string of the molecule is c1ccc2c(N(c3ccc(-c4cccc5oc6c7ccccc7ccc6c45)cc3)c3ccc4sc5ccccc5c4c3)cccc2c1. The zero-order valence-corrected chi connectivity index (χ0v) is 26.2. The Labute approximate surface area is 275 Å². The molecule has 0 aliphatic heterocycles. The first-order valence-corrected chi connectivity index (χ1v) is 16.7. The average molecular weight is 618 g/mol. The highest BCUT2D eigenvalue weighted by Gasteiger charge is 2.19. The third-order valence-corrected chi connectivity index (χ3v) is 10.6. The van der Waals surface area contributed by atoms with Crippen LogP contribution < -0.4 is 4.90 Å². The largest absolute Gasteiger partial charge is 0.455 e. The molecule has 0 saturated heterocycles. The Morgan fingerprint density at radius 3 is 2.00 bits per heavy atom. The van der Waals surface area contributed by atoms with Gasteiger partial charge in [-0.3, -0.25) is 0 Å². The molecular weight excluding hydrogens is 591 g/mol. The molecule has 0 aliphatic carbocycles. The van der Waals surface area contributed by atoms with E-state index < -0.39 is 0 Å². The van der Waals surface area contributed by atoms with Gasteiger partial charge >= 0.3 is 0 Å². The molecule has 0 spiro atoms. The highest BCUT2D eigenvalue weighted by atomic mass is 32.1. The molecule has 0 amide bonds. The fraction of sp³-hybridized carbons (Fsp3) is 0. The van der Waals surface area contributed by atoms with Crippen LogP contribution in [0.15, 0.2) is 168 Å². The molecular formula is C44H27NOS. The molecule has 2 aromatic heterocycles. The zero-order valence-electron chi connectivity index (χ0n) is 25.4. The normalized spacial score (nSPS) is 11.8. The predicted molar refractivity (Wildman–Crippen MR) is 202 cm³/mol. The summed E-state index contributed by atoms with van der Waals surface area (Å²) in [6.45, 7) is 0. The summed E-state index contributed by atoms with van der Waals surface area (Å²) in [5.74, 6) is 0. The van der Waals surface area contributed by atoms with Gasteiger partial charge in [-0.05, 0) is 76.5 Å². The molecule has 10 rings (SSSR count). The number of rotatable bonds is 4. The predicted octanol–water partition coefficient (Wildman–Crippen LogP) is 13.4. The maximum atomic E-state index is 6.50. The Morgan fingerprint density at radius 2 is 1.13 bits per heavy atom. The van der Waals surface area contributed by atoms with E-state index in [1.54, 1.807) is 0 Å². The fourth-order valence-corrected chi connectivity index (χ4v) is 8.35. The zero-order chi connectivity index (χ0) is 30.9. The van der Waals surface area contributed by atoms with Crippen LogP contribution in [0.1, 0.15) is 0 Å². The minimum absolute atomic E-state index is 0.909. The first kappa shape index (κ1) is 26.3. The second-order valence-corrected chi connectivity index (χ2v) is 13.2. The van der Waals surface area contributed by atoms with E-state index in [0.29, 0.717) is 0 Å². The molecule has 0 atom stereocenters. The van der Waals surface area contributed by atoms with Crippen LogP contribution in [0.4, 0.5) is 17.1 Å². The lowest BCUT2D eigenvalue weighted by atomic mass is 9.98. The maximum Gasteiger partial charge on any atom is 0.143 e. The molecule has 0 bridgehead atoms. The van der Waals surface area contributed by atoms with Gasteiger partial charge in [-0.15, -0.1) is 11.3 Å². The molecule has 0 unspecified atom stereocenters. The minimum Gasteiger partial charge on any atom is -0.455 e. The summed E-state index contributed by atoms with van der Waals surface area (Å²) < 4.78 is 9.11. The van der Waals surface area contributed by atoms with E-state index >= 15 is 0 Å². The first-order valence-electron chi connectivity index (χ1n) is 15.9. The van der Waals surface area contributed by atoms with Gasteiger partial charge in [-0.2, -0.15) is 0 Å². The van der Waals surface area contributed by atoms with Gasteiger partial charge in [0.15, 0.2) is 0 Å². The standard InChI is InChI=1S/C44H27NOS/c1-3-12-33-28(9-1)11-7-16-39(33)45(32-24-26-42-38(27-32)36-14-5-6-18-41(36)47-42)31-22-19-30(20-23-31)34-15-8-17-40-43(34)37-25-21-29-10-2-4-13-35(29)44(37)46-40/h1-27H. The van der Waals surface area contributed by atoms with Crippen LogP contribution in [0, 0.1) is 0 Å². The molecule has 47 heavy (non-hydrogen) atoms. The van der Waals surface area contributed by atoms with Crippen molar-refractivity contribution in [3.63, 3.8) is 0 Å². The van der Waals surface area contributed by atoms with Crippen LogP contribution in [0.2, 0.25) is 0 Å². The molecule has 2 heterocycles. The van der Waals surface area contributed by atoms with E-state index in [1.807, 2.05) is 11.3 Å². The van der Waals surface area contributed by atoms with Gasteiger partial charge in [0.25, 0.3) is 0 Å². The second kappa shape index (κ2) is 10.3. The summed E-state index contributed by atoms with van der Waals surface area (Å²) >= 11 is 1.85. The van der Waals surface area contributed by atoms with Crippen molar-refractivity contribution in [2.24, 2.45) is 0 Å². The summed E-state index contributed by atoms with van der Waals surface area (Å²) in [5.41, 5.74) is 7.59. The third kappa shape index (κ3) is 4.10. The third-order valence-electron chi connectivity index (χ3n) is 9.45. The van der Waals surface area contributed by atoms with E-state index in [0.717, 1.165) is 50.0 Å². The number of nitrogens with zero attached hydrogens (tertiary/aromatic N) is 1. The maximum absolute atomic E-state index is 6.50. The molecule has 2 nitrogen and oxygen atoms in total. The lowest BCUT2D eigenvalue weighted by Gasteiger charge is -2.27. The summed E-state index contributed by atoms with van der Waals surface area (Å²) in [4.78, 5) is 2.40. The Bertz CT molecular complexity index is 2800. The quantitative estimate of drug-likeness (QED) is 0.195. The van der Waals surface area contributed by atoms with Crippen LogP contribution in [0.3, 0.4) is 0 Å². The number of hydrogen-bond donors (Lipinski definition) is 0. The monoisotopic (exact) mass is 617 g/mol. The molecule has 0 aliphatic rings. The number of hydrogen-bond acceptors (Lipinski definition) is 3. The molecule has 0 N–H and O–H groups in total. The van der Waals surface area contributed by atoms with Gasteiger partial charge in [0.2, 0.25) is 0 Å². The van der Waals surface area contributed by atoms with Gasteiger partial charge in [0.1, 0.15) is 11.2 Å². The smallest absolute Gasteiger partial charge is 0.143 e. The van der Waals surface area contributed by atoms with Crippen molar-refractivity contribution in [1.29, 1.82) is 0 Å². The minimum atomic E-state index is 0.909. The van der Waals surface area contributed by atoms with Gasteiger partial charge in [0, 0.05) is 53.1 Å². The summed E-state index contributed by atoms with van der Waals surface area (Å²) in [6, 6.07) is 59.0. The van der Waals surface area contributed by atoms with E-state index in [4.69, 9.17) is 4.42 Å². The molecule has 0 fully saturated rings. The Morgan fingerprint density at radius 1 is 0.447 bits per heavy atom. The molecule has 3 heteroatoms. The van der Waals surface area contributed by atoms with Crippen molar-refractivity contribution in [1.82, 2.24) is 0 Å². The fourth-order valence-electron chi connectivity index (χ4n) is 7.27. The molecule has 0 saturated carbocycles. The molecule has 0 radical (unpaired) electrons. The van der Waals surface area contributed by atoms with E-state index in [1.165, 1.54) is 41.9 Å². The van der Waals surface area contributed by atoms with E-state index in [2.05, 4.69) is 169 Å². The molecule has 10 aromatic rings. The van der Waals surface area contributed by atoms with Crippen molar-refractivity contribution in [3.8, 4) is 11.1 Å². The van der Waals surface area contributed by atoms with E-state index in [-0.39, 0.29) is 0 Å². The van der Waals surface area contributed by atoms with Crippen molar-refractivity contribution in [3.05, 3.63) is 164 Å². The lowest BCUT2D eigenvalue weighted by Crippen LogP contribution is -2.10. The van der Waals surface area contributed by atoms with Gasteiger partial charge in [0.05, 0.1) is 5.69 Å². The van der Waals surface area contributed by atoms with Crippen LogP contribution in [0.5, 0.6) is 0 Å². The van der Waals surface area contributed by atoms with Crippen LogP contribution in [-0.2, 0) is 0 Å². The molecule has 8 aromatic carbocycles. The topological polar surface area (TPSA) is 16.4 Å². The van der Waals surface area contributed by atoms with E-state index in [9.17, 15) is 0 Å². The van der Waals surface area contributed by atoms with Gasteiger partial charge in [-0.1, -0.05) is 109 Å². The summed E-state index contributed by atoms with van der Waals surface area (Å²) in [5, 5.41) is 9.66. The van der Waals surface area contributed by atoms with Gasteiger partial charge < -0.3 is 9.32 Å². The highest BCUT2D eigenvalue weighted by molar-refractivity contribution is 7.25. The second-order valence-electron chi connectivity index (χ2n) is 12.1. The number of benzene rings is 8. The first-order chi connectivity index (χ1) is 23.3. The number of anilines is 3. The van der Waals surface area contributed by atoms with Crippen molar-refractivity contribution in [2.45, 2.75) is 0 Å².